The van der Waals surface area contributed by atoms with Gasteiger partial charge in [-0.25, -0.2) is 0 Å². The maximum atomic E-state index is 11.7. The van der Waals surface area contributed by atoms with Crippen LogP contribution in [0.1, 0.15) is 25.3 Å². The quantitative estimate of drug-likeness (QED) is 0.588. The minimum Gasteiger partial charge on any atom is -0.368 e. The summed E-state index contributed by atoms with van der Waals surface area (Å²) in [5, 5.41) is 6.95. The third-order valence-electron chi connectivity index (χ3n) is 4.51. The van der Waals surface area contributed by atoms with Gasteiger partial charge in [0.05, 0.1) is 0 Å². The molecule has 6 nitrogen and oxygen atoms in total. The Labute approximate surface area is 161 Å². The Bertz CT molecular complexity index is 626. The molecule has 1 amide bonds. The highest BCUT2D eigenvalue weighted by Crippen LogP contribution is 2.25. The van der Waals surface area contributed by atoms with E-state index in [0.29, 0.717) is 13.0 Å². The molecule has 0 radical (unpaired) electrons. The normalized spacial score (nSPS) is 15.2. The van der Waals surface area contributed by atoms with E-state index < -0.39 is 0 Å². The summed E-state index contributed by atoms with van der Waals surface area (Å²) in [6.45, 7) is 9.08. The van der Waals surface area contributed by atoms with Crippen molar-refractivity contribution in [2.24, 2.45) is 4.99 Å². The van der Waals surface area contributed by atoms with Gasteiger partial charge in [-0.3, -0.25) is 9.79 Å². The lowest BCUT2D eigenvalue weighted by Crippen LogP contribution is -2.53. The predicted octanol–water partition coefficient (Wildman–Crippen LogP) is 2.26. The number of amides is 1. The maximum absolute atomic E-state index is 11.7. The van der Waals surface area contributed by atoms with Gasteiger partial charge in [-0.15, -0.1) is 0 Å². The molecule has 1 aliphatic rings. The molecular weight excluding hydrogens is 350 g/mol. The van der Waals surface area contributed by atoms with Gasteiger partial charge in [0, 0.05) is 63.4 Å². The van der Waals surface area contributed by atoms with Crippen LogP contribution in [-0.4, -0.2) is 63.1 Å². The lowest BCUT2D eigenvalue weighted by atomic mass is 10.1. The topological polar surface area (TPSA) is 60.0 Å². The molecule has 7 heteroatoms. The SMILES string of the molecule is CCCNC(=O)CCNC(=NC)N1CCN(c2cc(Cl)ccc2C)CC1. The van der Waals surface area contributed by atoms with E-state index in [2.05, 4.69) is 38.4 Å². The summed E-state index contributed by atoms with van der Waals surface area (Å²) in [6.07, 6.45) is 1.41. The average Bonchev–Trinajstić information content (AvgIpc) is 2.66. The summed E-state index contributed by atoms with van der Waals surface area (Å²) in [5.74, 6) is 0.937. The highest BCUT2D eigenvalue weighted by molar-refractivity contribution is 6.30. The largest absolute Gasteiger partial charge is 0.368 e. The second-order valence-electron chi connectivity index (χ2n) is 6.48. The first-order valence-corrected chi connectivity index (χ1v) is 9.66. The molecule has 1 fully saturated rings. The summed E-state index contributed by atoms with van der Waals surface area (Å²) in [5.41, 5.74) is 2.44. The number of benzene rings is 1. The molecule has 1 heterocycles. The number of piperazine rings is 1. The summed E-state index contributed by atoms with van der Waals surface area (Å²) >= 11 is 6.15. The third-order valence-corrected chi connectivity index (χ3v) is 4.75. The number of hydrogen-bond donors (Lipinski definition) is 2. The number of carbonyl (C=O) groups is 1. The van der Waals surface area contributed by atoms with E-state index in [0.717, 1.165) is 50.1 Å². The Morgan fingerprint density at radius 1 is 1.19 bits per heavy atom. The van der Waals surface area contributed by atoms with E-state index in [-0.39, 0.29) is 5.91 Å². The molecule has 0 bridgehead atoms. The first kappa shape index (κ1) is 20.4. The smallest absolute Gasteiger partial charge is 0.221 e. The van der Waals surface area contributed by atoms with Crippen molar-refractivity contribution in [2.75, 3.05) is 51.2 Å². The fourth-order valence-corrected chi connectivity index (χ4v) is 3.22. The number of hydrogen-bond acceptors (Lipinski definition) is 3. The molecule has 1 aliphatic heterocycles. The van der Waals surface area contributed by atoms with Crippen LogP contribution in [0.15, 0.2) is 23.2 Å². The second kappa shape index (κ2) is 10.3. The van der Waals surface area contributed by atoms with E-state index in [1.165, 1.54) is 11.3 Å². The number of anilines is 1. The standard InChI is InChI=1S/C19H30ClN5O/c1-4-8-22-18(26)7-9-23-19(21-3)25-12-10-24(11-13-25)17-14-16(20)6-5-15(17)2/h5-6,14H,4,7-13H2,1-3H3,(H,21,23)(H,22,26). The first-order chi connectivity index (χ1) is 12.5. The average molecular weight is 380 g/mol. The van der Waals surface area contributed by atoms with Gasteiger partial charge in [-0.05, 0) is 31.0 Å². The second-order valence-corrected chi connectivity index (χ2v) is 6.92. The number of nitrogens with zero attached hydrogens (tertiary/aromatic N) is 3. The molecule has 0 saturated carbocycles. The fourth-order valence-electron chi connectivity index (χ4n) is 3.06. The Hall–Kier alpha value is -1.95. The summed E-state index contributed by atoms with van der Waals surface area (Å²) in [6, 6.07) is 6.03. The zero-order valence-electron chi connectivity index (χ0n) is 16.0. The van der Waals surface area contributed by atoms with Crippen LogP contribution in [0.2, 0.25) is 5.02 Å². The highest BCUT2D eigenvalue weighted by atomic mass is 35.5. The van der Waals surface area contributed by atoms with E-state index in [9.17, 15) is 4.79 Å². The zero-order chi connectivity index (χ0) is 18.9. The van der Waals surface area contributed by atoms with Gasteiger partial charge in [0.2, 0.25) is 5.91 Å². The van der Waals surface area contributed by atoms with Gasteiger partial charge >= 0.3 is 0 Å². The molecule has 0 atom stereocenters. The van der Waals surface area contributed by atoms with Crippen molar-refractivity contribution in [2.45, 2.75) is 26.7 Å². The first-order valence-electron chi connectivity index (χ1n) is 9.28. The van der Waals surface area contributed by atoms with Crippen molar-refractivity contribution in [3.8, 4) is 0 Å². The number of halogens is 1. The third kappa shape index (κ3) is 5.80. The molecule has 1 saturated heterocycles. The van der Waals surface area contributed by atoms with Crippen molar-refractivity contribution < 1.29 is 4.79 Å². The van der Waals surface area contributed by atoms with Crippen LogP contribution < -0.4 is 15.5 Å². The fraction of sp³-hybridized carbons (Fsp3) is 0.579. The molecule has 0 aromatic heterocycles. The van der Waals surface area contributed by atoms with E-state index >= 15 is 0 Å². The number of nitrogens with one attached hydrogen (secondary N) is 2. The zero-order valence-corrected chi connectivity index (χ0v) is 16.8. The molecule has 0 aliphatic carbocycles. The van der Waals surface area contributed by atoms with Crippen LogP contribution in [0.4, 0.5) is 5.69 Å². The van der Waals surface area contributed by atoms with Gasteiger partial charge in [-0.1, -0.05) is 24.6 Å². The molecule has 1 aromatic carbocycles. The summed E-state index contributed by atoms with van der Waals surface area (Å²) in [4.78, 5) is 20.6. The van der Waals surface area contributed by atoms with Crippen LogP contribution in [0, 0.1) is 6.92 Å². The number of carbonyl (C=O) groups excluding carboxylic acids is 1. The van der Waals surface area contributed by atoms with Gasteiger partial charge < -0.3 is 20.4 Å². The lowest BCUT2D eigenvalue weighted by molar-refractivity contribution is -0.120. The summed E-state index contributed by atoms with van der Waals surface area (Å²) in [7, 11) is 1.78. The molecule has 26 heavy (non-hydrogen) atoms. The summed E-state index contributed by atoms with van der Waals surface area (Å²) < 4.78 is 0. The number of rotatable bonds is 6. The predicted molar refractivity (Wildman–Crippen MR) is 109 cm³/mol. The van der Waals surface area contributed by atoms with Crippen molar-refractivity contribution in [3.05, 3.63) is 28.8 Å². The van der Waals surface area contributed by atoms with Gasteiger partial charge in [0.25, 0.3) is 0 Å². The Morgan fingerprint density at radius 2 is 1.92 bits per heavy atom. The number of aryl methyl sites for hydroxylation is 1. The molecule has 144 valence electrons. The van der Waals surface area contributed by atoms with Crippen molar-refractivity contribution in [1.82, 2.24) is 15.5 Å². The van der Waals surface area contributed by atoms with Crippen LogP contribution in [0.3, 0.4) is 0 Å². The van der Waals surface area contributed by atoms with Gasteiger partial charge in [0.1, 0.15) is 0 Å². The van der Waals surface area contributed by atoms with Gasteiger partial charge in [-0.2, -0.15) is 0 Å². The molecule has 2 rings (SSSR count). The molecular formula is C19H30ClN5O. The molecule has 1 aromatic rings. The van der Waals surface area contributed by atoms with Crippen LogP contribution in [0.5, 0.6) is 0 Å². The maximum Gasteiger partial charge on any atom is 0.221 e. The van der Waals surface area contributed by atoms with Crippen molar-refractivity contribution in [1.29, 1.82) is 0 Å². The van der Waals surface area contributed by atoms with Crippen LogP contribution in [-0.2, 0) is 4.79 Å². The molecule has 2 N–H and O–H groups in total. The monoisotopic (exact) mass is 379 g/mol. The van der Waals surface area contributed by atoms with Crippen LogP contribution >= 0.6 is 11.6 Å². The minimum atomic E-state index is 0.0797. The Morgan fingerprint density at radius 3 is 2.58 bits per heavy atom. The number of aliphatic imine (C=N–C) groups is 1. The van der Waals surface area contributed by atoms with Crippen molar-refractivity contribution >= 4 is 29.2 Å². The molecule has 0 unspecified atom stereocenters. The van der Waals surface area contributed by atoms with Gasteiger partial charge in [0.15, 0.2) is 5.96 Å². The number of guanidine groups is 1. The minimum absolute atomic E-state index is 0.0797. The van der Waals surface area contributed by atoms with Crippen molar-refractivity contribution in [3.63, 3.8) is 0 Å². The molecule has 0 spiro atoms. The lowest BCUT2D eigenvalue weighted by Gasteiger charge is -2.38. The highest BCUT2D eigenvalue weighted by Gasteiger charge is 2.21. The van der Waals surface area contributed by atoms with E-state index in [1.807, 2.05) is 19.1 Å². The van der Waals surface area contributed by atoms with Crippen LogP contribution in [0.25, 0.3) is 0 Å². The Kier molecular flexibility index (Phi) is 8.04. The van der Waals surface area contributed by atoms with E-state index in [1.54, 1.807) is 7.05 Å². The Balaban J connectivity index is 1.82. The van der Waals surface area contributed by atoms with E-state index in [4.69, 9.17) is 11.6 Å².